The van der Waals surface area contributed by atoms with Crippen LogP contribution < -0.4 is 20.1 Å². The zero-order chi connectivity index (χ0) is 18.3. The average molecular weight is 350 g/mol. The van der Waals surface area contributed by atoms with Crippen LogP contribution in [0.5, 0.6) is 11.5 Å². The van der Waals surface area contributed by atoms with E-state index in [1.54, 1.807) is 14.2 Å². The summed E-state index contributed by atoms with van der Waals surface area (Å²) in [4.78, 5) is 25.2. The van der Waals surface area contributed by atoms with E-state index < -0.39 is 12.1 Å². The summed E-state index contributed by atoms with van der Waals surface area (Å²) in [5.74, 6) is 0.999. The smallest absolute Gasteiger partial charge is 0.250 e. The van der Waals surface area contributed by atoms with Crippen LogP contribution in [0.15, 0.2) is 59.7 Å². The summed E-state index contributed by atoms with van der Waals surface area (Å²) in [5, 5.41) is 5.85. The van der Waals surface area contributed by atoms with Gasteiger partial charge in [-0.1, -0.05) is 24.3 Å². The molecule has 0 spiro atoms. The van der Waals surface area contributed by atoms with Gasteiger partial charge in [0.1, 0.15) is 11.5 Å². The van der Waals surface area contributed by atoms with Gasteiger partial charge < -0.3 is 20.1 Å². The number of hydrogen-bond acceptors (Lipinski definition) is 4. The summed E-state index contributed by atoms with van der Waals surface area (Å²) in [6, 6.07) is 13.8. The summed E-state index contributed by atoms with van der Waals surface area (Å²) in [5.41, 5.74) is 2.66. The molecule has 2 unspecified atom stereocenters. The molecule has 0 aliphatic carbocycles. The summed E-state index contributed by atoms with van der Waals surface area (Å²) in [7, 11) is 3.19. The van der Waals surface area contributed by atoms with Crippen LogP contribution in [0.3, 0.4) is 0 Å². The molecule has 2 heterocycles. The topological polar surface area (TPSA) is 76.7 Å². The lowest BCUT2D eigenvalue weighted by atomic mass is 9.95. The zero-order valence-electron chi connectivity index (χ0n) is 14.4. The van der Waals surface area contributed by atoms with E-state index in [0.717, 1.165) is 22.6 Å². The molecule has 0 saturated heterocycles. The zero-order valence-corrected chi connectivity index (χ0v) is 14.4. The maximum absolute atomic E-state index is 12.6. The highest BCUT2D eigenvalue weighted by atomic mass is 16.5. The predicted molar refractivity (Wildman–Crippen MR) is 94.8 cm³/mol. The number of carbonyl (C=O) groups excluding carboxylic acids is 2. The molecule has 26 heavy (non-hydrogen) atoms. The monoisotopic (exact) mass is 350 g/mol. The van der Waals surface area contributed by atoms with Crippen molar-refractivity contribution in [3.8, 4) is 11.5 Å². The van der Waals surface area contributed by atoms with Gasteiger partial charge >= 0.3 is 0 Å². The van der Waals surface area contributed by atoms with Gasteiger partial charge in [-0.2, -0.15) is 0 Å². The molecule has 132 valence electrons. The Labute approximate surface area is 150 Å². The fourth-order valence-corrected chi connectivity index (χ4v) is 3.47. The van der Waals surface area contributed by atoms with Crippen molar-refractivity contribution in [2.24, 2.45) is 0 Å². The second-order valence-corrected chi connectivity index (χ2v) is 6.19. The van der Waals surface area contributed by atoms with Gasteiger partial charge in [0.15, 0.2) is 0 Å². The van der Waals surface area contributed by atoms with E-state index in [2.05, 4.69) is 10.6 Å². The highest BCUT2D eigenvalue weighted by Crippen LogP contribution is 2.41. The number of nitrogens with one attached hydrogen (secondary N) is 2. The second kappa shape index (κ2) is 6.22. The van der Waals surface area contributed by atoms with Crippen molar-refractivity contribution in [3.63, 3.8) is 0 Å². The van der Waals surface area contributed by atoms with Crippen LogP contribution in [0.2, 0.25) is 0 Å². The van der Waals surface area contributed by atoms with Gasteiger partial charge in [0.05, 0.1) is 37.4 Å². The van der Waals surface area contributed by atoms with Crippen molar-refractivity contribution in [1.29, 1.82) is 0 Å². The van der Waals surface area contributed by atoms with Crippen molar-refractivity contribution in [2.75, 3.05) is 14.2 Å². The summed E-state index contributed by atoms with van der Waals surface area (Å²) in [6.07, 6.45) is 0. The largest absolute Gasteiger partial charge is 0.497 e. The fraction of sp³-hybridized carbons (Fsp3) is 0.200. The van der Waals surface area contributed by atoms with Crippen LogP contribution in [0.25, 0.3) is 0 Å². The Morgan fingerprint density at radius 1 is 0.654 bits per heavy atom. The Hall–Kier alpha value is -3.28. The van der Waals surface area contributed by atoms with Gasteiger partial charge in [0.2, 0.25) is 0 Å². The third-order valence-corrected chi connectivity index (χ3v) is 4.81. The molecule has 2 aliphatic rings. The highest BCUT2D eigenvalue weighted by molar-refractivity contribution is 6.13. The molecule has 4 rings (SSSR count). The van der Waals surface area contributed by atoms with Gasteiger partial charge in [-0.15, -0.1) is 0 Å². The number of rotatable bonds is 4. The summed E-state index contributed by atoms with van der Waals surface area (Å²) < 4.78 is 10.3. The van der Waals surface area contributed by atoms with E-state index in [1.807, 2.05) is 48.5 Å². The van der Waals surface area contributed by atoms with Crippen molar-refractivity contribution in [2.45, 2.75) is 12.1 Å². The lowest BCUT2D eigenvalue weighted by molar-refractivity contribution is -0.118. The van der Waals surface area contributed by atoms with E-state index in [9.17, 15) is 9.59 Å². The molecule has 0 aromatic heterocycles. The van der Waals surface area contributed by atoms with Crippen LogP contribution in [0.4, 0.5) is 0 Å². The minimum Gasteiger partial charge on any atom is -0.497 e. The van der Waals surface area contributed by atoms with E-state index in [4.69, 9.17) is 9.47 Å². The Morgan fingerprint density at radius 3 is 1.31 bits per heavy atom. The minimum atomic E-state index is -0.452. The number of benzene rings is 2. The quantitative estimate of drug-likeness (QED) is 0.885. The second-order valence-electron chi connectivity index (χ2n) is 6.19. The van der Waals surface area contributed by atoms with Crippen LogP contribution in [0, 0.1) is 0 Å². The SMILES string of the molecule is COc1ccc(C2NC(=O)C3=C2C(=O)NC3c2ccc(OC)cc2)cc1. The molecule has 2 amide bonds. The molecule has 2 aromatic carbocycles. The Bertz CT molecular complexity index is 825. The van der Waals surface area contributed by atoms with Crippen LogP contribution in [-0.4, -0.2) is 26.0 Å². The Morgan fingerprint density at radius 2 is 1.00 bits per heavy atom. The molecule has 6 heteroatoms. The van der Waals surface area contributed by atoms with Crippen molar-refractivity contribution < 1.29 is 19.1 Å². The third kappa shape index (κ3) is 2.50. The Kier molecular flexibility index (Phi) is 3.88. The molecule has 2 aliphatic heterocycles. The minimum absolute atomic E-state index is 0.222. The van der Waals surface area contributed by atoms with Gasteiger partial charge in [-0.25, -0.2) is 0 Å². The maximum Gasteiger partial charge on any atom is 0.250 e. The Balaban J connectivity index is 1.71. The molecule has 2 atom stereocenters. The van der Waals surface area contributed by atoms with E-state index >= 15 is 0 Å². The van der Waals surface area contributed by atoms with Crippen molar-refractivity contribution >= 4 is 11.8 Å². The first kappa shape index (κ1) is 16.2. The van der Waals surface area contributed by atoms with Crippen molar-refractivity contribution in [1.82, 2.24) is 10.6 Å². The molecule has 6 nitrogen and oxygen atoms in total. The van der Waals surface area contributed by atoms with Crippen LogP contribution in [0.1, 0.15) is 23.2 Å². The highest BCUT2D eigenvalue weighted by Gasteiger charge is 2.45. The molecule has 0 bridgehead atoms. The first-order valence-electron chi connectivity index (χ1n) is 8.26. The normalized spacial score (nSPS) is 21.3. The van der Waals surface area contributed by atoms with Crippen molar-refractivity contribution in [3.05, 3.63) is 70.8 Å². The summed E-state index contributed by atoms with van der Waals surface area (Å²) in [6.45, 7) is 0. The lowest BCUT2D eigenvalue weighted by Gasteiger charge is -2.17. The van der Waals surface area contributed by atoms with Gasteiger partial charge in [0.25, 0.3) is 11.8 Å². The van der Waals surface area contributed by atoms with E-state index in [0.29, 0.717) is 11.1 Å². The van der Waals surface area contributed by atoms with Gasteiger partial charge in [0, 0.05) is 0 Å². The number of hydrogen-bond donors (Lipinski definition) is 2. The summed E-state index contributed by atoms with van der Waals surface area (Å²) >= 11 is 0. The number of ether oxygens (including phenoxy) is 2. The van der Waals surface area contributed by atoms with Gasteiger partial charge in [-0.3, -0.25) is 9.59 Å². The van der Waals surface area contributed by atoms with E-state index in [1.165, 1.54) is 0 Å². The van der Waals surface area contributed by atoms with E-state index in [-0.39, 0.29) is 11.8 Å². The number of amides is 2. The molecule has 0 saturated carbocycles. The lowest BCUT2D eigenvalue weighted by Crippen LogP contribution is -2.33. The molecule has 0 radical (unpaired) electrons. The predicted octanol–water partition coefficient (Wildman–Crippen LogP) is 2.04. The molecule has 0 fully saturated rings. The number of carbonyl (C=O) groups is 2. The number of methoxy groups -OCH3 is 2. The molecule has 2 N–H and O–H groups in total. The fourth-order valence-electron chi connectivity index (χ4n) is 3.47. The molecular weight excluding hydrogens is 332 g/mol. The first-order chi connectivity index (χ1) is 12.6. The van der Waals surface area contributed by atoms with Gasteiger partial charge in [-0.05, 0) is 35.4 Å². The van der Waals surface area contributed by atoms with Crippen LogP contribution >= 0.6 is 0 Å². The van der Waals surface area contributed by atoms with Crippen LogP contribution in [-0.2, 0) is 9.59 Å². The third-order valence-electron chi connectivity index (χ3n) is 4.81. The molecule has 2 aromatic rings. The average Bonchev–Trinajstić information content (AvgIpc) is 3.21. The maximum atomic E-state index is 12.6. The standard InChI is InChI=1S/C20H18N2O4/c1-25-13-7-3-11(4-8-13)17-15-16(20(24)21-17)18(22-19(15)23)12-5-9-14(26-2)10-6-12/h3-10,17-18H,1-2H3,(H,21,24)(H,22,23). The first-order valence-corrected chi connectivity index (χ1v) is 8.26. The molecular formula is C20H18N2O4.